The molecule has 18 heavy (non-hydrogen) atoms. The Kier molecular flexibility index (Phi) is 4.62. The third kappa shape index (κ3) is 3.45. The Bertz CT molecular complexity index is 294. The summed E-state index contributed by atoms with van der Waals surface area (Å²) in [5.41, 5.74) is 0. The molecule has 0 spiro atoms. The van der Waals surface area contributed by atoms with Gasteiger partial charge in [0.1, 0.15) is 0 Å². The van der Waals surface area contributed by atoms with Crippen molar-refractivity contribution in [3.05, 3.63) is 0 Å². The molecule has 2 fully saturated rings. The van der Waals surface area contributed by atoms with E-state index in [-0.39, 0.29) is 18.4 Å². The molecule has 104 valence electrons. The molecule has 2 unspecified atom stereocenters. The molecule has 1 N–H and O–H groups in total. The number of hydrogen-bond donors (Lipinski definition) is 1. The van der Waals surface area contributed by atoms with Gasteiger partial charge in [-0.15, -0.1) is 0 Å². The van der Waals surface area contributed by atoms with Gasteiger partial charge in [-0.2, -0.15) is 0 Å². The van der Waals surface area contributed by atoms with Gasteiger partial charge in [-0.05, 0) is 24.8 Å². The van der Waals surface area contributed by atoms with E-state index in [1.807, 2.05) is 4.90 Å². The number of rotatable bonds is 5. The van der Waals surface area contributed by atoms with E-state index in [1.165, 1.54) is 19.5 Å². The monoisotopic (exact) mass is 254 g/mol. The van der Waals surface area contributed by atoms with Crippen LogP contribution in [0.15, 0.2) is 0 Å². The van der Waals surface area contributed by atoms with Crippen molar-refractivity contribution in [2.45, 2.75) is 26.7 Å². The van der Waals surface area contributed by atoms with Gasteiger partial charge in [0.2, 0.25) is 5.91 Å². The van der Waals surface area contributed by atoms with Crippen molar-refractivity contribution in [3.8, 4) is 0 Å². The molecule has 2 saturated heterocycles. The lowest BCUT2D eigenvalue weighted by atomic mass is 10.1. The lowest BCUT2D eigenvalue weighted by Gasteiger charge is -2.22. The van der Waals surface area contributed by atoms with E-state index in [2.05, 4.69) is 18.7 Å². The molecule has 0 aromatic carbocycles. The maximum Gasteiger partial charge on any atom is 0.223 e. The Hall–Kier alpha value is -0.610. The number of carbonyl (C=O) groups is 1. The highest BCUT2D eigenvalue weighted by Crippen LogP contribution is 2.23. The van der Waals surface area contributed by atoms with Crippen molar-refractivity contribution in [1.82, 2.24) is 9.80 Å². The summed E-state index contributed by atoms with van der Waals surface area (Å²) in [7, 11) is 0. The normalized spacial score (nSPS) is 29.8. The van der Waals surface area contributed by atoms with E-state index in [0.29, 0.717) is 12.3 Å². The topological polar surface area (TPSA) is 43.8 Å². The fourth-order valence-corrected chi connectivity index (χ4v) is 3.21. The van der Waals surface area contributed by atoms with Crippen molar-refractivity contribution in [2.24, 2.45) is 17.8 Å². The first-order valence-corrected chi connectivity index (χ1v) is 7.19. The van der Waals surface area contributed by atoms with E-state index in [1.54, 1.807) is 0 Å². The third-order valence-electron chi connectivity index (χ3n) is 4.02. The fraction of sp³-hybridized carbons (Fsp3) is 0.929. The number of carbonyl (C=O) groups excluding carboxylic acids is 1. The van der Waals surface area contributed by atoms with Gasteiger partial charge in [-0.25, -0.2) is 0 Å². The summed E-state index contributed by atoms with van der Waals surface area (Å²) in [6.45, 7) is 9.78. The van der Waals surface area contributed by atoms with Gasteiger partial charge in [0, 0.05) is 45.1 Å². The summed E-state index contributed by atoms with van der Waals surface area (Å²) < 4.78 is 0. The average Bonchev–Trinajstić information content (AvgIpc) is 2.86. The SMILES string of the molecule is CC(C)CN1CCC(CN2CC(CO)CC2=O)C1. The molecule has 1 amide bonds. The number of aliphatic hydroxyl groups excluding tert-OH is 1. The summed E-state index contributed by atoms with van der Waals surface area (Å²) in [5.74, 6) is 1.75. The summed E-state index contributed by atoms with van der Waals surface area (Å²) in [6.07, 6.45) is 1.75. The van der Waals surface area contributed by atoms with Gasteiger partial charge >= 0.3 is 0 Å². The Labute approximate surface area is 110 Å². The van der Waals surface area contributed by atoms with Crippen molar-refractivity contribution in [1.29, 1.82) is 0 Å². The van der Waals surface area contributed by atoms with Crippen molar-refractivity contribution >= 4 is 5.91 Å². The highest BCUT2D eigenvalue weighted by Gasteiger charge is 2.32. The molecule has 2 atom stereocenters. The molecule has 0 aromatic heterocycles. The number of likely N-dealkylation sites (tertiary alicyclic amines) is 2. The lowest BCUT2D eigenvalue weighted by molar-refractivity contribution is -0.128. The number of aliphatic hydroxyl groups is 1. The van der Waals surface area contributed by atoms with Gasteiger partial charge in [0.15, 0.2) is 0 Å². The number of hydrogen-bond acceptors (Lipinski definition) is 3. The molecule has 0 radical (unpaired) electrons. The zero-order chi connectivity index (χ0) is 13.1. The van der Waals surface area contributed by atoms with Crippen LogP contribution in [0.4, 0.5) is 0 Å². The average molecular weight is 254 g/mol. The van der Waals surface area contributed by atoms with Gasteiger partial charge in [0.05, 0.1) is 0 Å². The molecule has 0 saturated carbocycles. The largest absolute Gasteiger partial charge is 0.396 e. The molecule has 2 aliphatic rings. The van der Waals surface area contributed by atoms with Gasteiger partial charge in [-0.1, -0.05) is 13.8 Å². The third-order valence-corrected chi connectivity index (χ3v) is 4.02. The zero-order valence-corrected chi connectivity index (χ0v) is 11.6. The molecule has 2 rings (SSSR count). The Morgan fingerprint density at radius 1 is 1.33 bits per heavy atom. The molecular formula is C14H26N2O2. The van der Waals surface area contributed by atoms with E-state index in [0.717, 1.165) is 25.6 Å². The summed E-state index contributed by atoms with van der Waals surface area (Å²) >= 11 is 0. The van der Waals surface area contributed by atoms with Crippen LogP contribution in [0, 0.1) is 17.8 Å². The molecule has 0 bridgehead atoms. The molecule has 0 aliphatic carbocycles. The van der Waals surface area contributed by atoms with Crippen LogP contribution in [-0.4, -0.2) is 60.1 Å². The minimum absolute atomic E-state index is 0.145. The van der Waals surface area contributed by atoms with E-state index in [9.17, 15) is 4.79 Å². The highest BCUT2D eigenvalue weighted by atomic mass is 16.3. The van der Waals surface area contributed by atoms with Crippen LogP contribution in [0.25, 0.3) is 0 Å². The van der Waals surface area contributed by atoms with Crippen molar-refractivity contribution in [2.75, 3.05) is 39.3 Å². The summed E-state index contributed by atoms with van der Waals surface area (Å²) in [6, 6.07) is 0. The second-order valence-corrected chi connectivity index (χ2v) is 6.36. The van der Waals surface area contributed by atoms with Crippen molar-refractivity contribution in [3.63, 3.8) is 0 Å². The van der Waals surface area contributed by atoms with Crippen LogP contribution in [0.1, 0.15) is 26.7 Å². The highest BCUT2D eigenvalue weighted by molar-refractivity contribution is 5.78. The minimum atomic E-state index is 0.145. The van der Waals surface area contributed by atoms with E-state index >= 15 is 0 Å². The number of nitrogens with zero attached hydrogens (tertiary/aromatic N) is 2. The van der Waals surface area contributed by atoms with Gasteiger partial charge < -0.3 is 14.9 Å². The first-order chi connectivity index (χ1) is 8.58. The maximum atomic E-state index is 11.8. The van der Waals surface area contributed by atoms with Crippen LogP contribution in [-0.2, 0) is 4.79 Å². The molecule has 4 heteroatoms. The Morgan fingerprint density at radius 2 is 2.11 bits per heavy atom. The molecule has 2 heterocycles. The van der Waals surface area contributed by atoms with Crippen LogP contribution in [0.2, 0.25) is 0 Å². The number of amides is 1. The first-order valence-electron chi connectivity index (χ1n) is 7.19. The summed E-state index contributed by atoms with van der Waals surface area (Å²) in [5, 5.41) is 9.12. The fourth-order valence-electron chi connectivity index (χ4n) is 3.21. The lowest BCUT2D eigenvalue weighted by Crippen LogP contribution is -2.33. The second kappa shape index (κ2) is 6.02. The van der Waals surface area contributed by atoms with Crippen LogP contribution in [0.3, 0.4) is 0 Å². The van der Waals surface area contributed by atoms with Crippen LogP contribution in [0.5, 0.6) is 0 Å². The zero-order valence-electron chi connectivity index (χ0n) is 11.6. The Balaban J connectivity index is 1.76. The quantitative estimate of drug-likeness (QED) is 0.789. The standard InChI is InChI=1S/C14H26N2O2/c1-11(2)6-15-4-3-12(7-15)8-16-9-13(10-17)5-14(16)18/h11-13,17H,3-10H2,1-2H3. The molecule has 0 aromatic rings. The van der Waals surface area contributed by atoms with E-state index < -0.39 is 0 Å². The minimum Gasteiger partial charge on any atom is -0.396 e. The molecule has 2 aliphatic heterocycles. The molecule has 4 nitrogen and oxygen atoms in total. The summed E-state index contributed by atoms with van der Waals surface area (Å²) in [4.78, 5) is 16.3. The smallest absolute Gasteiger partial charge is 0.223 e. The second-order valence-electron chi connectivity index (χ2n) is 6.36. The van der Waals surface area contributed by atoms with Gasteiger partial charge in [-0.3, -0.25) is 4.79 Å². The van der Waals surface area contributed by atoms with E-state index in [4.69, 9.17) is 5.11 Å². The van der Waals surface area contributed by atoms with Gasteiger partial charge in [0.25, 0.3) is 0 Å². The first kappa shape index (κ1) is 13.8. The van der Waals surface area contributed by atoms with Crippen LogP contribution >= 0.6 is 0 Å². The maximum absolute atomic E-state index is 11.8. The van der Waals surface area contributed by atoms with Crippen LogP contribution < -0.4 is 0 Å². The Morgan fingerprint density at radius 3 is 2.72 bits per heavy atom. The predicted octanol–water partition coefficient (Wildman–Crippen LogP) is 0.805. The van der Waals surface area contributed by atoms with Crippen molar-refractivity contribution < 1.29 is 9.90 Å². The molecular weight excluding hydrogens is 228 g/mol. The predicted molar refractivity (Wildman–Crippen MR) is 71.2 cm³/mol.